The van der Waals surface area contributed by atoms with E-state index in [0.29, 0.717) is 0 Å². The van der Waals surface area contributed by atoms with Crippen molar-refractivity contribution in [3.05, 3.63) is 114 Å². The predicted molar refractivity (Wildman–Crippen MR) is 180 cm³/mol. The van der Waals surface area contributed by atoms with Gasteiger partial charge < -0.3 is 9.13 Å². The van der Waals surface area contributed by atoms with Gasteiger partial charge >= 0.3 is 0 Å². The highest BCUT2D eigenvalue weighted by Gasteiger charge is 2.16. The Hall–Kier alpha value is -3.59. The molecule has 0 N–H and O–H groups in total. The third-order valence-electron chi connectivity index (χ3n) is 6.60. The average molecular weight is 540 g/mol. The van der Waals surface area contributed by atoms with Crippen LogP contribution in [0.2, 0.25) is 0 Å². The summed E-state index contributed by atoms with van der Waals surface area (Å²) in [6, 6.07) is 10.4. The molecule has 0 aliphatic rings. The standard InChI is InChI=1S/C28H35N3.C5H10.C4H8/c1-7-10-17-26-25(9-3)21(4)19-31(26)22(5)18-24(14-8-2)28-27(29-20-30(28)6)23-15-12-11-13-16-23;1-3-5-4-2;1-3-4-2/h8,11-16,18-20H,5,7,9-10,17H2,1-4,6H3;3,5H,4H2,1-2H3;3-4H,1-2H3/b14-8-,24-18+;5-3-;4-3-. The van der Waals surface area contributed by atoms with Crippen LogP contribution in [0.4, 0.5) is 0 Å². The lowest BCUT2D eigenvalue weighted by Crippen LogP contribution is -2.03. The largest absolute Gasteiger partial charge is 0.333 e. The Labute approximate surface area is 245 Å². The third-order valence-corrected chi connectivity index (χ3v) is 6.60. The highest BCUT2D eigenvalue weighted by Crippen LogP contribution is 2.31. The van der Waals surface area contributed by atoms with Crippen LogP contribution in [0, 0.1) is 6.92 Å². The summed E-state index contributed by atoms with van der Waals surface area (Å²) in [6.07, 6.45) is 24.4. The number of hydrogen-bond acceptors (Lipinski definition) is 1. The smallest absolute Gasteiger partial charge is 0.0963 e. The van der Waals surface area contributed by atoms with E-state index in [9.17, 15) is 0 Å². The maximum atomic E-state index is 4.71. The first-order valence-corrected chi connectivity index (χ1v) is 14.8. The van der Waals surface area contributed by atoms with Crippen LogP contribution in [-0.4, -0.2) is 14.1 Å². The molecule has 0 fully saturated rings. The molecule has 2 heterocycles. The van der Waals surface area contributed by atoms with E-state index in [1.807, 2.05) is 45.3 Å². The van der Waals surface area contributed by atoms with Gasteiger partial charge in [0.15, 0.2) is 0 Å². The molecular weight excluding hydrogens is 486 g/mol. The minimum absolute atomic E-state index is 0.988. The molecule has 0 spiro atoms. The first-order chi connectivity index (χ1) is 19.3. The van der Waals surface area contributed by atoms with Crippen LogP contribution in [-0.2, 0) is 19.9 Å². The van der Waals surface area contributed by atoms with Crippen LogP contribution in [0.25, 0.3) is 22.5 Å². The van der Waals surface area contributed by atoms with E-state index >= 15 is 0 Å². The van der Waals surface area contributed by atoms with Crippen LogP contribution >= 0.6 is 0 Å². The second-order valence-corrected chi connectivity index (χ2v) is 9.72. The Balaban J connectivity index is 0.000000773. The zero-order chi connectivity index (χ0) is 29.9. The minimum Gasteiger partial charge on any atom is -0.333 e. The molecule has 0 aliphatic heterocycles. The van der Waals surface area contributed by atoms with Crippen LogP contribution in [0.1, 0.15) is 90.2 Å². The Morgan fingerprint density at radius 2 is 1.62 bits per heavy atom. The summed E-state index contributed by atoms with van der Waals surface area (Å²) >= 11 is 0. The van der Waals surface area contributed by atoms with Gasteiger partial charge in [0.1, 0.15) is 0 Å². The van der Waals surface area contributed by atoms with E-state index in [4.69, 9.17) is 4.98 Å². The first kappa shape index (κ1) is 34.4. The monoisotopic (exact) mass is 539 g/mol. The molecule has 40 heavy (non-hydrogen) atoms. The summed E-state index contributed by atoms with van der Waals surface area (Å²) in [5.41, 5.74) is 9.51. The van der Waals surface area contributed by atoms with Crippen LogP contribution in [0.3, 0.4) is 0 Å². The third kappa shape index (κ3) is 10.2. The molecule has 0 unspecified atom stereocenters. The fraction of sp³-hybridized carbons (Fsp3) is 0.378. The van der Waals surface area contributed by atoms with Crippen molar-refractivity contribution in [1.82, 2.24) is 14.1 Å². The summed E-state index contributed by atoms with van der Waals surface area (Å²) in [5, 5.41) is 0. The molecular formula is C37H53N3. The van der Waals surface area contributed by atoms with E-state index in [0.717, 1.165) is 47.5 Å². The predicted octanol–water partition coefficient (Wildman–Crippen LogP) is 10.8. The van der Waals surface area contributed by atoms with Gasteiger partial charge in [-0.05, 0) is 77.5 Å². The highest BCUT2D eigenvalue weighted by molar-refractivity contribution is 5.86. The number of benzene rings is 1. The minimum atomic E-state index is 0.988. The number of rotatable bonds is 10. The SMILES string of the molecule is C/C=C\C.C/C=C\CC.C=C(/C=C(\C=C/C)c1c(-c2ccccc2)ncn1C)n1cc(C)c(CC)c1CCCC. The molecule has 0 atom stereocenters. The maximum Gasteiger partial charge on any atom is 0.0963 e. The molecule has 0 radical (unpaired) electrons. The first-order valence-electron chi connectivity index (χ1n) is 14.8. The van der Waals surface area contributed by atoms with Crippen LogP contribution in [0.5, 0.6) is 0 Å². The maximum absolute atomic E-state index is 4.71. The Bertz CT molecular complexity index is 1260. The van der Waals surface area contributed by atoms with Gasteiger partial charge in [-0.15, -0.1) is 0 Å². The summed E-state index contributed by atoms with van der Waals surface area (Å²) in [5.74, 6) is 0. The summed E-state index contributed by atoms with van der Waals surface area (Å²) < 4.78 is 4.39. The molecule has 3 heteroatoms. The molecule has 0 saturated heterocycles. The fourth-order valence-corrected chi connectivity index (χ4v) is 4.51. The molecule has 0 bridgehead atoms. The molecule has 1 aromatic carbocycles. The Morgan fingerprint density at radius 3 is 2.12 bits per heavy atom. The van der Waals surface area contributed by atoms with Gasteiger partial charge in [-0.1, -0.05) is 101 Å². The number of hydrogen-bond donors (Lipinski definition) is 0. The highest BCUT2D eigenvalue weighted by atomic mass is 15.0. The lowest BCUT2D eigenvalue weighted by Gasteiger charge is -2.13. The topological polar surface area (TPSA) is 22.8 Å². The summed E-state index contributed by atoms with van der Waals surface area (Å²) in [6.45, 7) is 21.4. The van der Waals surface area contributed by atoms with Crippen LogP contribution < -0.4 is 0 Å². The molecule has 3 aromatic rings. The molecule has 3 rings (SSSR count). The van der Waals surface area contributed by atoms with Crippen molar-refractivity contribution in [2.45, 2.75) is 87.5 Å². The molecule has 0 amide bonds. The van der Waals surface area contributed by atoms with Crippen LogP contribution in [0.15, 0.2) is 92.0 Å². The van der Waals surface area contributed by atoms with Crippen molar-refractivity contribution in [2.24, 2.45) is 7.05 Å². The van der Waals surface area contributed by atoms with Gasteiger partial charge in [-0.25, -0.2) is 4.98 Å². The molecule has 216 valence electrons. The van der Waals surface area contributed by atoms with Gasteiger partial charge in [0.05, 0.1) is 17.7 Å². The summed E-state index contributed by atoms with van der Waals surface area (Å²) in [7, 11) is 2.05. The van der Waals surface area contributed by atoms with Crippen molar-refractivity contribution in [1.29, 1.82) is 0 Å². The van der Waals surface area contributed by atoms with Gasteiger partial charge in [0, 0.05) is 35.8 Å². The number of nitrogens with zero attached hydrogens (tertiary/aromatic N) is 3. The lowest BCUT2D eigenvalue weighted by atomic mass is 10.0. The van der Waals surface area contributed by atoms with Crippen molar-refractivity contribution in [3.8, 4) is 11.3 Å². The zero-order valence-corrected chi connectivity index (χ0v) is 26.7. The Morgan fingerprint density at radius 1 is 0.950 bits per heavy atom. The fourth-order valence-electron chi connectivity index (χ4n) is 4.51. The number of aryl methyl sites for hydroxylation is 2. The van der Waals surface area contributed by atoms with Crippen molar-refractivity contribution in [3.63, 3.8) is 0 Å². The lowest BCUT2D eigenvalue weighted by molar-refractivity contribution is 0.756. The zero-order valence-electron chi connectivity index (χ0n) is 26.7. The van der Waals surface area contributed by atoms with Gasteiger partial charge in [0.25, 0.3) is 0 Å². The number of allylic oxidation sites excluding steroid dienone is 9. The quantitative estimate of drug-likeness (QED) is 0.185. The van der Waals surface area contributed by atoms with E-state index in [1.54, 1.807) is 0 Å². The van der Waals surface area contributed by atoms with E-state index in [2.05, 4.69) is 118 Å². The van der Waals surface area contributed by atoms with Crippen molar-refractivity contribution >= 4 is 11.3 Å². The number of unbranched alkanes of at least 4 members (excludes halogenated alkanes) is 1. The van der Waals surface area contributed by atoms with Gasteiger partial charge in [0.2, 0.25) is 0 Å². The number of imidazole rings is 1. The van der Waals surface area contributed by atoms with E-state index in [-0.39, 0.29) is 0 Å². The Kier molecular flexibility index (Phi) is 16.8. The van der Waals surface area contributed by atoms with Gasteiger partial charge in [-0.2, -0.15) is 0 Å². The normalized spacial score (nSPS) is 11.6. The van der Waals surface area contributed by atoms with E-state index < -0.39 is 0 Å². The molecule has 3 nitrogen and oxygen atoms in total. The summed E-state index contributed by atoms with van der Waals surface area (Å²) in [4.78, 5) is 4.71. The molecule has 0 aliphatic carbocycles. The van der Waals surface area contributed by atoms with E-state index in [1.165, 1.54) is 29.7 Å². The van der Waals surface area contributed by atoms with Crippen molar-refractivity contribution < 1.29 is 0 Å². The molecule has 0 saturated carbocycles. The number of aromatic nitrogens is 3. The van der Waals surface area contributed by atoms with Gasteiger partial charge in [-0.3, -0.25) is 0 Å². The van der Waals surface area contributed by atoms with Crippen molar-refractivity contribution in [2.75, 3.05) is 0 Å². The second kappa shape index (κ2) is 19.5. The average Bonchev–Trinajstić information content (AvgIpc) is 3.51. The molecule has 2 aromatic heterocycles. The second-order valence-electron chi connectivity index (χ2n) is 9.72.